The largest absolute Gasteiger partial charge is 0.495 e. The van der Waals surface area contributed by atoms with Gasteiger partial charge in [-0.15, -0.1) is 0 Å². The van der Waals surface area contributed by atoms with Crippen molar-refractivity contribution in [1.82, 2.24) is 0 Å². The van der Waals surface area contributed by atoms with E-state index in [1.165, 1.54) is 16.7 Å². The predicted octanol–water partition coefficient (Wildman–Crippen LogP) is 6.07. The fourth-order valence-corrected chi connectivity index (χ4v) is 2.74. The molecule has 0 spiro atoms. The van der Waals surface area contributed by atoms with E-state index in [1.54, 1.807) is 7.11 Å². The molecular formula is C20H18ClNO. The lowest BCUT2D eigenvalue weighted by Crippen LogP contribution is -1.94. The van der Waals surface area contributed by atoms with Gasteiger partial charge in [0.15, 0.2) is 0 Å². The molecular weight excluding hydrogens is 306 g/mol. The standard InChI is InChI=1S/C20H18ClNO/c1-14-5-3-4-6-18(14)15-7-10-17(11-8-15)22-19-13-16(21)9-12-20(19)23-2/h3-13,22H,1-2H3. The summed E-state index contributed by atoms with van der Waals surface area (Å²) < 4.78 is 5.36. The molecule has 3 aromatic rings. The number of halogens is 1. The number of nitrogens with one attached hydrogen (secondary N) is 1. The van der Waals surface area contributed by atoms with E-state index in [0.29, 0.717) is 5.02 Å². The quantitative estimate of drug-likeness (QED) is 0.629. The first kappa shape index (κ1) is 15.4. The van der Waals surface area contributed by atoms with Crippen LogP contribution in [0, 0.1) is 6.92 Å². The third-order valence-electron chi connectivity index (χ3n) is 3.78. The normalized spacial score (nSPS) is 10.4. The van der Waals surface area contributed by atoms with E-state index in [0.717, 1.165) is 17.1 Å². The van der Waals surface area contributed by atoms with Crippen LogP contribution in [0.1, 0.15) is 5.56 Å². The maximum Gasteiger partial charge on any atom is 0.142 e. The van der Waals surface area contributed by atoms with Crippen LogP contribution in [0.2, 0.25) is 5.02 Å². The first-order valence-corrected chi connectivity index (χ1v) is 7.82. The molecule has 2 nitrogen and oxygen atoms in total. The summed E-state index contributed by atoms with van der Waals surface area (Å²) in [5.74, 6) is 0.761. The summed E-state index contributed by atoms with van der Waals surface area (Å²) in [5.41, 5.74) is 5.56. The van der Waals surface area contributed by atoms with Gasteiger partial charge in [-0.3, -0.25) is 0 Å². The average Bonchev–Trinajstić information content (AvgIpc) is 2.56. The van der Waals surface area contributed by atoms with Gasteiger partial charge < -0.3 is 10.1 Å². The highest BCUT2D eigenvalue weighted by molar-refractivity contribution is 6.31. The van der Waals surface area contributed by atoms with Crippen LogP contribution in [0.25, 0.3) is 11.1 Å². The number of ether oxygens (including phenoxy) is 1. The fraction of sp³-hybridized carbons (Fsp3) is 0.100. The van der Waals surface area contributed by atoms with Crippen molar-refractivity contribution >= 4 is 23.0 Å². The minimum absolute atomic E-state index is 0.671. The third kappa shape index (κ3) is 3.49. The van der Waals surface area contributed by atoms with Crippen LogP contribution in [0.4, 0.5) is 11.4 Å². The van der Waals surface area contributed by atoms with Crippen LogP contribution in [0.15, 0.2) is 66.7 Å². The minimum atomic E-state index is 0.671. The van der Waals surface area contributed by atoms with Gasteiger partial charge in [0.1, 0.15) is 5.75 Å². The molecule has 0 fully saturated rings. The summed E-state index contributed by atoms with van der Waals surface area (Å²) in [4.78, 5) is 0. The molecule has 0 saturated carbocycles. The maximum absolute atomic E-state index is 6.07. The monoisotopic (exact) mass is 323 g/mol. The Kier molecular flexibility index (Phi) is 4.54. The van der Waals surface area contributed by atoms with Gasteiger partial charge in [0, 0.05) is 10.7 Å². The summed E-state index contributed by atoms with van der Waals surface area (Å²) in [6.45, 7) is 2.12. The van der Waals surface area contributed by atoms with E-state index in [-0.39, 0.29) is 0 Å². The molecule has 0 atom stereocenters. The van der Waals surface area contributed by atoms with Crippen molar-refractivity contribution in [1.29, 1.82) is 0 Å². The minimum Gasteiger partial charge on any atom is -0.495 e. The van der Waals surface area contributed by atoms with Crippen molar-refractivity contribution in [2.45, 2.75) is 6.92 Å². The molecule has 0 aliphatic heterocycles. The topological polar surface area (TPSA) is 21.3 Å². The van der Waals surface area contributed by atoms with E-state index in [9.17, 15) is 0 Å². The summed E-state index contributed by atoms with van der Waals surface area (Å²) in [5, 5.41) is 4.02. The zero-order valence-electron chi connectivity index (χ0n) is 13.1. The Labute approximate surface area is 141 Å². The maximum atomic E-state index is 6.07. The fourth-order valence-electron chi connectivity index (χ4n) is 2.56. The predicted molar refractivity (Wildman–Crippen MR) is 97.9 cm³/mol. The van der Waals surface area contributed by atoms with Crippen LogP contribution in [0.5, 0.6) is 5.75 Å². The highest BCUT2D eigenvalue weighted by atomic mass is 35.5. The van der Waals surface area contributed by atoms with Crippen LogP contribution in [-0.2, 0) is 0 Å². The van der Waals surface area contributed by atoms with Crippen molar-refractivity contribution in [3.63, 3.8) is 0 Å². The number of methoxy groups -OCH3 is 1. The van der Waals surface area contributed by atoms with Crippen molar-refractivity contribution in [3.05, 3.63) is 77.3 Å². The molecule has 116 valence electrons. The van der Waals surface area contributed by atoms with Gasteiger partial charge in [-0.2, -0.15) is 0 Å². The lowest BCUT2D eigenvalue weighted by atomic mass is 10.0. The van der Waals surface area contributed by atoms with Crippen molar-refractivity contribution in [3.8, 4) is 16.9 Å². The Morgan fingerprint density at radius 2 is 1.65 bits per heavy atom. The Bertz CT molecular complexity index is 812. The van der Waals surface area contributed by atoms with Crippen molar-refractivity contribution in [2.24, 2.45) is 0 Å². The van der Waals surface area contributed by atoms with Gasteiger partial charge in [-0.25, -0.2) is 0 Å². The zero-order chi connectivity index (χ0) is 16.2. The molecule has 0 aliphatic rings. The first-order valence-electron chi connectivity index (χ1n) is 7.44. The van der Waals surface area contributed by atoms with Crippen LogP contribution < -0.4 is 10.1 Å². The molecule has 1 N–H and O–H groups in total. The molecule has 0 bridgehead atoms. The molecule has 3 rings (SSSR count). The lowest BCUT2D eigenvalue weighted by molar-refractivity contribution is 0.417. The molecule has 0 amide bonds. The summed E-state index contributed by atoms with van der Waals surface area (Å²) in [7, 11) is 1.65. The van der Waals surface area contributed by atoms with Crippen molar-refractivity contribution in [2.75, 3.05) is 12.4 Å². The molecule has 0 heterocycles. The van der Waals surface area contributed by atoms with Crippen molar-refractivity contribution < 1.29 is 4.74 Å². The smallest absolute Gasteiger partial charge is 0.142 e. The second-order valence-electron chi connectivity index (χ2n) is 5.36. The summed E-state index contributed by atoms with van der Waals surface area (Å²) in [6.07, 6.45) is 0. The second-order valence-corrected chi connectivity index (χ2v) is 5.80. The lowest BCUT2D eigenvalue weighted by Gasteiger charge is -2.12. The van der Waals surface area contributed by atoms with Gasteiger partial charge in [-0.05, 0) is 53.9 Å². The molecule has 0 radical (unpaired) electrons. The van der Waals surface area contributed by atoms with Gasteiger partial charge >= 0.3 is 0 Å². The number of hydrogen-bond donors (Lipinski definition) is 1. The van der Waals surface area contributed by atoms with Crippen LogP contribution in [0.3, 0.4) is 0 Å². The van der Waals surface area contributed by atoms with Gasteiger partial charge in [0.05, 0.1) is 12.8 Å². The number of hydrogen-bond acceptors (Lipinski definition) is 2. The van der Waals surface area contributed by atoms with Gasteiger partial charge in [-0.1, -0.05) is 48.0 Å². The molecule has 0 aromatic heterocycles. The Morgan fingerprint density at radius 1 is 0.913 bits per heavy atom. The van der Waals surface area contributed by atoms with E-state index >= 15 is 0 Å². The highest BCUT2D eigenvalue weighted by Crippen LogP contribution is 2.31. The van der Waals surface area contributed by atoms with E-state index < -0.39 is 0 Å². The zero-order valence-corrected chi connectivity index (χ0v) is 13.9. The molecule has 3 aromatic carbocycles. The van der Waals surface area contributed by atoms with Crippen LogP contribution >= 0.6 is 11.6 Å². The number of aryl methyl sites for hydroxylation is 1. The Balaban J connectivity index is 1.86. The van der Waals surface area contributed by atoms with Crippen LogP contribution in [-0.4, -0.2) is 7.11 Å². The molecule has 23 heavy (non-hydrogen) atoms. The number of benzene rings is 3. The summed E-state index contributed by atoms with van der Waals surface area (Å²) in [6, 6.07) is 22.2. The second kappa shape index (κ2) is 6.76. The summed E-state index contributed by atoms with van der Waals surface area (Å²) >= 11 is 6.07. The van der Waals surface area contributed by atoms with E-state index in [4.69, 9.17) is 16.3 Å². The number of anilines is 2. The SMILES string of the molecule is COc1ccc(Cl)cc1Nc1ccc(-c2ccccc2C)cc1. The molecule has 3 heteroatoms. The van der Waals surface area contributed by atoms with E-state index in [2.05, 4.69) is 60.8 Å². The molecule has 0 saturated heterocycles. The van der Waals surface area contributed by atoms with E-state index in [1.807, 2.05) is 18.2 Å². The highest BCUT2D eigenvalue weighted by Gasteiger charge is 2.05. The molecule has 0 aliphatic carbocycles. The number of rotatable bonds is 4. The Hall–Kier alpha value is -2.45. The third-order valence-corrected chi connectivity index (χ3v) is 4.02. The average molecular weight is 324 g/mol. The Morgan fingerprint density at radius 3 is 2.35 bits per heavy atom. The van der Waals surface area contributed by atoms with Gasteiger partial charge in [0.2, 0.25) is 0 Å². The first-order chi connectivity index (χ1) is 11.2. The van der Waals surface area contributed by atoms with Gasteiger partial charge in [0.25, 0.3) is 0 Å². The molecule has 0 unspecified atom stereocenters.